The fourth-order valence-corrected chi connectivity index (χ4v) is 1.91. The van der Waals surface area contributed by atoms with Crippen LogP contribution in [0.3, 0.4) is 0 Å². The van der Waals surface area contributed by atoms with Gasteiger partial charge in [-0.05, 0) is 18.4 Å². The first-order valence-electron chi connectivity index (χ1n) is 6.31. The molecule has 17 heavy (non-hydrogen) atoms. The molecule has 0 saturated carbocycles. The Labute approximate surface area is 103 Å². The van der Waals surface area contributed by atoms with E-state index in [1.54, 1.807) is 6.20 Å². The molecule has 2 aromatic rings. The number of nitrogens with zero attached hydrogens (tertiary/aromatic N) is 1. The molecule has 1 aromatic heterocycles. The van der Waals surface area contributed by atoms with Crippen LogP contribution in [0.4, 0.5) is 0 Å². The summed E-state index contributed by atoms with van der Waals surface area (Å²) in [4.78, 5) is 4.11. The average molecular weight is 229 g/mol. The molecule has 0 fully saturated rings. The predicted octanol–water partition coefficient (Wildman–Crippen LogP) is 4.38. The first-order chi connectivity index (χ1) is 8.29. The van der Waals surface area contributed by atoms with Gasteiger partial charge in [-0.3, -0.25) is 0 Å². The summed E-state index contributed by atoms with van der Waals surface area (Å²) < 4.78 is 5.50. The number of aromatic nitrogens is 1. The highest BCUT2D eigenvalue weighted by atomic mass is 16.4. The van der Waals surface area contributed by atoms with E-state index in [4.69, 9.17) is 4.42 Å². The van der Waals surface area contributed by atoms with Crippen LogP contribution in [-0.4, -0.2) is 4.98 Å². The van der Waals surface area contributed by atoms with E-state index >= 15 is 0 Å². The third-order valence-electron chi connectivity index (χ3n) is 2.93. The van der Waals surface area contributed by atoms with Gasteiger partial charge in [0.2, 0.25) is 0 Å². The van der Waals surface area contributed by atoms with Crippen LogP contribution < -0.4 is 0 Å². The highest BCUT2D eigenvalue weighted by molar-refractivity contribution is 5.56. The summed E-state index contributed by atoms with van der Waals surface area (Å²) >= 11 is 0. The minimum Gasteiger partial charge on any atom is -0.441 e. The summed E-state index contributed by atoms with van der Waals surface area (Å²) in [6, 6.07) is 8.59. The third kappa shape index (κ3) is 3.19. The second-order valence-corrected chi connectivity index (χ2v) is 4.40. The summed E-state index contributed by atoms with van der Waals surface area (Å²) in [6.45, 7) is 4.10. The Balaban J connectivity index is 2.02. The molecular formula is C15H19NO. The Kier molecular flexibility index (Phi) is 3.97. The quantitative estimate of drug-likeness (QED) is 0.711. The number of rotatable bonds is 5. The van der Waals surface area contributed by atoms with Gasteiger partial charge in [-0.25, -0.2) is 4.98 Å². The number of oxazole rings is 1. The standard InChI is InChI=1S/C15H19NO/c1-3-4-5-6-13-7-9-14(10-8-13)15-11-16-12(2)17-15/h7-11H,3-6H2,1-2H3. The molecule has 0 radical (unpaired) electrons. The van der Waals surface area contributed by atoms with Crippen molar-refractivity contribution in [3.8, 4) is 11.3 Å². The van der Waals surface area contributed by atoms with Crippen LogP contribution in [0.2, 0.25) is 0 Å². The molecule has 0 N–H and O–H groups in total. The third-order valence-corrected chi connectivity index (χ3v) is 2.93. The molecule has 0 aliphatic rings. The number of aryl methyl sites for hydroxylation is 2. The first kappa shape index (κ1) is 11.9. The van der Waals surface area contributed by atoms with Crippen LogP contribution >= 0.6 is 0 Å². The fraction of sp³-hybridized carbons (Fsp3) is 0.400. The molecule has 90 valence electrons. The second kappa shape index (κ2) is 5.67. The molecule has 1 heterocycles. The van der Waals surface area contributed by atoms with Crippen LogP contribution in [0.15, 0.2) is 34.9 Å². The van der Waals surface area contributed by atoms with Crippen molar-refractivity contribution in [2.24, 2.45) is 0 Å². The van der Waals surface area contributed by atoms with Crippen molar-refractivity contribution in [3.05, 3.63) is 41.9 Å². The predicted molar refractivity (Wildman–Crippen MR) is 69.9 cm³/mol. The minimum atomic E-state index is 0.715. The van der Waals surface area contributed by atoms with E-state index in [0.717, 1.165) is 11.3 Å². The lowest BCUT2D eigenvalue weighted by molar-refractivity contribution is 0.534. The number of hydrogen-bond acceptors (Lipinski definition) is 2. The molecule has 0 aliphatic carbocycles. The lowest BCUT2D eigenvalue weighted by Gasteiger charge is -2.01. The first-order valence-corrected chi connectivity index (χ1v) is 6.31. The zero-order chi connectivity index (χ0) is 12.1. The van der Waals surface area contributed by atoms with Gasteiger partial charge in [-0.15, -0.1) is 0 Å². The summed E-state index contributed by atoms with van der Waals surface area (Å²) in [7, 11) is 0. The molecule has 0 aliphatic heterocycles. The van der Waals surface area contributed by atoms with Crippen molar-refractivity contribution in [2.45, 2.75) is 39.5 Å². The van der Waals surface area contributed by atoms with E-state index in [2.05, 4.69) is 36.2 Å². The zero-order valence-electron chi connectivity index (χ0n) is 10.6. The lowest BCUT2D eigenvalue weighted by atomic mass is 10.0. The van der Waals surface area contributed by atoms with E-state index in [1.165, 1.54) is 31.2 Å². The monoisotopic (exact) mass is 229 g/mol. The summed E-state index contributed by atoms with van der Waals surface area (Å²) in [5.74, 6) is 1.56. The van der Waals surface area contributed by atoms with Gasteiger partial charge < -0.3 is 4.42 Å². The van der Waals surface area contributed by atoms with Gasteiger partial charge >= 0.3 is 0 Å². The average Bonchev–Trinajstić information content (AvgIpc) is 2.77. The number of benzene rings is 1. The SMILES string of the molecule is CCCCCc1ccc(-c2cnc(C)o2)cc1. The molecule has 0 spiro atoms. The van der Waals surface area contributed by atoms with Crippen molar-refractivity contribution in [3.63, 3.8) is 0 Å². The molecule has 0 bridgehead atoms. The molecule has 0 saturated heterocycles. The maximum atomic E-state index is 5.50. The van der Waals surface area contributed by atoms with Crippen LogP contribution in [0.25, 0.3) is 11.3 Å². The van der Waals surface area contributed by atoms with Gasteiger partial charge in [0.25, 0.3) is 0 Å². The second-order valence-electron chi connectivity index (χ2n) is 4.40. The topological polar surface area (TPSA) is 26.0 Å². The van der Waals surface area contributed by atoms with Crippen molar-refractivity contribution >= 4 is 0 Å². The van der Waals surface area contributed by atoms with Gasteiger partial charge in [0.15, 0.2) is 11.7 Å². The number of hydrogen-bond donors (Lipinski definition) is 0. The van der Waals surface area contributed by atoms with E-state index in [9.17, 15) is 0 Å². The molecule has 2 heteroatoms. The normalized spacial score (nSPS) is 10.7. The summed E-state index contributed by atoms with van der Waals surface area (Å²) in [5, 5.41) is 0. The Hall–Kier alpha value is -1.57. The molecule has 0 unspecified atom stereocenters. The van der Waals surface area contributed by atoms with Gasteiger partial charge in [0.05, 0.1) is 6.20 Å². The minimum absolute atomic E-state index is 0.715. The van der Waals surface area contributed by atoms with Crippen molar-refractivity contribution < 1.29 is 4.42 Å². The fourth-order valence-electron chi connectivity index (χ4n) is 1.91. The Morgan fingerprint density at radius 2 is 1.88 bits per heavy atom. The maximum Gasteiger partial charge on any atom is 0.191 e. The largest absolute Gasteiger partial charge is 0.441 e. The van der Waals surface area contributed by atoms with E-state index in [0.29, 0.717) is 5.89 Å². The van der Waals surface area contributed by atoms with Crippen LogP contribution in [0.5, 0.6) is 0 Å². The number of unbranched alkanes of at least 4 members (excludes halogenated alkanes) is 2. The lowest BCUT2D eigenvalue weighted by Crippen LogP contribution is -1.85. The highest BCUT2D eigenvalue weighted by Crippen LogP contribution is 2.21. The van der Waals surface area contributed by atoms with Gasteiger partial charge in [0, 0.05) is 12.5 Å². The highest BCUT2D eigenvalue weighted by Gasteiger charge is 2.03. The van der Waals surface area contributed by atoms with Crippen LogP contribution in [0, 0.1) is 6.92 Å². The maximum absolute atomic E-state index is 5.50. The molecular weight excluding hydrogens is 210 g/mol. The Morgan fingerprint density at radius 3 is 2.47 bits per heavy atom. The molecule has 2 nitrogen and oxygen atoms in total. The Bertz CT molecular complexity index is 456. The molecule has 2 rings (SSSR count). The van der Waals surface area contributed by atoms with Crippen molar-refractivity contribution in [1.29, 1.82) is 0 Å². The van der Waals surface area contributed by atoms with Gasteiger partial charge in [-0.2, -0.15) is 0 Å². The van der Waals surface area contributed by atoms with E-state index in [1.807, 2.05) is 6.92 Å². The summed E-state index contributed by atoms with van der Waals surface area (Å²) in [5.41, 5.74) is 2.50. The van der Waals surface area contributed by atoms with Gasteiger partial charge in [0.1, 0.15) is 0 Å². The zero-order valence-corrected chi connectivity index (χ0v) is 10.6. The summed E-state index contributed by atoms with van der Waals surface area (Å²) in [6.07, 6.45) is 6.81. The Morgan fingerprint density at radius 1 is 1.12 bits per heavy atom. The van der Waals surface area contributed by atoms with Crippen LogP contribution in [-0.2, 0) is 6.42 Å². The van der Waals surface area contributed by atoms with Crippen molar-refractivity contribution in [2.75, 3.05) is 0 Å². The molecule has 1 aromatic carbocycles. The van der Waals surface area contributed by atoms with E-state index < -0.39 is 0 Å². The van der Waals surface area contributed by atoms with Crippen molar-refractivity contribution in [1.82, 2.24) is 4.98 Å². The van der Waals surface area contributed by atoms with Crippen LogP contribution in [0.1, 0.15) is 37.6 Å². The smallest absolute Gasteiger partial charge is 0.191 e. The van der Waals surface area contributed by atoms with Gasteiger partial charge in [-0.1, -0.05) is 44.0 Å². The van der Waals surface area contributed by atoms with E-state index in [-0.39, 0.29) is 0 Å². The molecule has 0 amide bonds. The molecule has 0 atom stereocenters.